The Balaban J connectivity index is 1.33. The van der Waals surface area contributed by atoms with E-state index in [0.29, 0.717) is 6.04 Å². The Morgan fingerprint density at radius 1 is 1.11 bits per heavy atom. The largest absolute Gasteiger partial charge is 0.497 e. The molecule has 1 amide bonds. The average Bonchev–Trinajstić information content (AvgIpc) is 3.44. The fourth-order valence-electron chi connectivity index (χ4n) is 2.75. The zero-order valence-electron chi connectivity index (χ0n) is 14.9. The molecule has 138 valence electrons. The van der Waals surface area contributed by atoms with Crippen LogP contribution >= 0.6 is 0 Å². The minimum atomic E-state index is -0.123. The number of ether oxygens (including phenoxy) is 1. The maximum absolute atomic E-state index is 12.1. The molecular formula is C19H20N6O2. The number of anilines is 2. The highest BCUT2D eigenvalue weighted by Crippen LogP contribution is 2.36. The van der Waals surface area contributed by atoms with Crippen LogP contribution in [0, 0.1) is 0 Å². The predicted octanol–water partition coefficient (Wildman–Crippen LogP) is 2.73. The van der Waals surface area contributed by atoms with Crippen molar-refractivity contribution in [3.8, 4) is 17.1 Å². The van der Waals surface area contributed by atoms with Crippen LogP contribution in [0.3, 0.4) is 0 Å². The van der Waals surface area contributed by atoms with E-state index in [-0.39, 0.29) is 12.5 Å². The Hall–Kier alpha value is -3.42. The molecule has 3 aromatic rings. The van der Waals surface area contributed by atoms with E-state index in [4.69, 9.17) is 4.74 Å². The molecule has 2 aromatic carbocycles. The van der Waals surface area contributed by atoms with Crippen molar-refractivity contribution in [1.82, 2.24) is 20.2 Å². The lowest BCUT2D eigenvalue weighted by molar-refractivity contribution is -0.114. The fourth-order valence-corrected chi connectivity index (χ4v) is 2.75. The van der Waals surface area contributed by atoms with Gasteiger partial charge in [-0.05, 0) is 71.8 Å². The standard InChI is InChI=1S/C19H20N6O2/c1-27-17-10-6-15(7-11-17)21-18(26)12-20-14-4-2-13(3-5-14)19-22-23-24-25(19)16-8-9-16/h2-7,10-11,16,20H,8-9,12H2,1H3,(H,21,26). The van der Waals surface area contributed by atoms with Gasteiger partial charge in [-0.25, -0.2) is 4.68 Å². The van der Waals surface area contributed by atoms with Crippen LogP contribution in [0.1, 0.15) is 18.9 Å². The van der Waals surface area contributed by atoms with Crippen LogP contribution < -0.4 is 15.4 Å². The molecule has 0 aliphatic heterocycles. The van der Waals surface area contributed by atoms with Crippen molar-refractivity contribution in [2.75, 3.05) is 24.3 Å². The molecule has 8 nitrogen and oxygen atoms in total. The van der Waals surface area contributed by atoms with Crippen molar-refractivity contribution in [3.05, 3.63) is 48.5 Å². The van der Waals surface area contributed by atoms with Gasteiger partial charge in [-0.3, -0.25) is 4.79 Å². The normalized spacial score (nSPS) is 13.2. The summed E-state index contributed by atoms with van der Waals surface area (Å²) in [5, 5.41) is 17.9. The molecule has 2 N–H and O–H groups in total. The second kappa shape index (κ2) is 7.45. The Morgan fingerprint density at radius 3 is 2.48 bits per heavy atom. The summed E-state index contributed by atoms with van der Waals surface area (Å²) in [6.07, 6.45) is 2.25. The molecule has 1 fully saturated rings. The lowest BCUT2D eigenvalue weighted by Crippen LogP contribution is -2.21. The molecule has 0 bridgehead atoms. The number of hydrogen-bond acceptors (Lipinski definition) is 6. The van der Waals surface area contributed by atoms with Crippen molar-refractivity contribution < 1.29 is 9.53 Å². The number of carbonyl (C=O) groups excluding carboxylic acids is 1. The number of benzene rings is 2. The molecule has 1 heterocycles. The van der Waals surface area contributed by atoms with Crippen LogP contribution in [0.25, 0.3) is 11.4 Å². The number of carbonyl (C=O) groups is 1. The highest BCUT2D eigenvalue weighted by atomic mass is 16.5. The zero-order valence-corrected chi connectivity index (χ0v) is 14.9. The molecule has 1 aromatic heterocycles. The van der Waals surface area contributed by atoms with Crippen LogP contribution in [0.5, 0.6) is 5.75 Å². The van der Waals surface area contributed by atoms with Gasteiger partial charge in [0.2, 0.25) is 5.91 Å². The van der Waals surface area contributed by atoms with Crippen LogP contribution in [-0.4, -0.2) is 39.8 Å². The average molecular weight is 364 g/mol. The number of aromatic nitrogens is 4. The van der Waals surface area contributed by atoms with Gasteiger partial charge in [-0.2, -0.15) is 0 Å². The first kappa shape index (κ1) is 17.0. The van der Waals surface area contributed by atoms with Crippen LogP contribution in [0.15, 0.2) is 48.5 Å². The number of hydrogen-bond donors (Lipinski definition) is 2. The topological polar surface area (TPSA) is 94.0 Å². The Bertz CT molecular complexity index is 916. The summed E-state index contributed by atoms with van der Waals surface area (Å²) in [7, 11) is 1.61. The van der Waals surface area contributed by atoms with Gasteiger partial charge in [0.15, 0.2) is 5.82 Å². The Kier molecular flexibility index (Phi) is 4.69. The Morgan fingerprint density at radius 2 is 1.81 bits per heavy atom. The van der Waals surface area contributed by atoms with E-state index in [1.54, 1.807) is 31.4 Å². The molecule has 0 radical (unpaired) electrons. The van der Waals surface area contributed by atoms with E-state index in [9.17, 15) is 4.79 Å². The first-order chi connectivity index (χ1) is 13.2. The van der Waals surface area contributed by atoms with Crippen molar-refractivity contribution >= 4 is 17.3 Å². The van der Waals surface area contributed by atoms with E-state index < -0.39 is 0 Å². The van der Waals surface area contributed by atoms with E-state index in [0.717, 1.165) is 41.4 Å². The number of amides is 1. The summed E-state index contributed by atoms with van der Waals surface area (Å²) in [4.78, 5) is 12.1. The maximum Gasteiger partial charge on any atom is 0.243 e. The second-order valence-electron chi connectivity index (χ2n) is 6.39. The van der Waals surface area contributed by atoms with Crippen LogP contribution in [0.2, 0.25) is 0 Å². The van der Waals surface area contributed by atoms with Gasteiger partial charge >= 0.3 is 0 Å². The quantitative estimate of drug-likeness (QED) is 0.669. The summed E-state index contributed by atoms with van der Waals surface area (Å²) in [5.74, 6) is 1.40. The van der Waals surface area contributed by atoms with Crippen molar-refractivity contribution in [2.24, 2.45) is 0 Å². The molecule has 8 heteroatoms. The number of methoxy groups -OCH3 is 1. The van der Waals surface area contributed by atoms with Gasteiger partial charge in [0.25, 0.3) is 0 Å². The van der Waals surface area contributed by atoms with Crippen LogP contribution in [-0.2, 0) is 4.79 Å². The minimum Gasteiger partial charge on any atom is -0.497 e. The third-order valence-electron chi connectivity index (χ3n) is 4.36. The molecular weight excluding hydrogens is 344 g/mol. The van der Waals surface area contributed by atoms with Gasteiger partial charge in [-0.15, -0.1) is 5.10 Å². The molecule has 1 aliphatic rings. The molecule has 0 atom stereocenters. The SMILES string of the molecule is COc1ccc(NC(=O)CNc2ccc(-c3nnnn3C3CC3)cc2)cc1. The molecule has 4 rings (SSSR count). The van der Waals surface area contributed by atoms with E-state index >= 15 is 0 Å². The molecule has 1 aliphatic carbocycles. The smallest absolute Gasteiger partial charge is 0.243 e. The maximum atomic E-state index is 12.1. The fraction of sp³-hybridized carbons (Fsp3) is 0.263. The molecule has 1 saturated carbocycles. The summed E-state index contributed by atoms with van der Waals surface area (Å²) < 4.78 is 6.98. The predicted molar refractivity (Wildman–Crippen MR) is 102 cm³/mol. The van der Waals surface area contributed by atoms with Gasteiger partial charge in [0.05, 0.1) is 19.7 Å². The molecule has 0 spiro atoms. The van der Waals surface area contributed by atoms with E-state index in [2.05, 4.69) is 26.2 Å². The summed E-state index contributed by atoms with van der Waals surface area (Å²) >= 11 is 0. The highest BCUT2D eigenvalue weighted by Gasteiger charge is 2.28. The van der Waals surface area contributed by atoms with Crippen LogP contribution in [0.4, 0.5) is 11.4 Å². The summed E-state index contributed by atoms with van der Waals surface area (Å²) in [6.45, 7) is 0.172. The van der Waals surface area contributed by atoms with Gasteiger partial charge < -0.3 is 15.4 Å². The highest BCUT2D eigenvalue weighted by molar-refractivity contribution is 5.93. The number of nitrogens with one attached hydrogen (secondary N) is 2. The monoisotopic (exact) mass is 364 g/mol. The Labute approximate surface area is 156 Å². The minimum absolute atomic E-state index is 0.123. The summed E-state index contributed by atoms with van der Waals surface area (Å²) in [5.41, 5.74) is 2.54. The summed E-state index contributed by atoms with van der Waals surface area (Å²) in [6, 6.07) is 15.4. The second-order valence-corrected chi connectivity index (χ2v) is 6.39. The van der Waals surface area contributed by atoms with Crippen molar-refractivity contribution in [3.63, 3.8) is 0 Å². The molecule has 0 unspecified atom stereocenters. The molecule has 27 heavy (non-hydrogen) atoms. The van der Waals surface area contributed by atoms with E-state index in [1.165, 1.54) is 0 Å². The first-order valence-electron chi connectivity index (χ1n) is 8.79. The number of rotatable bonds is 7. The first-order valence-corrected chi connectivity index (χ1v) is 8.79. The third-order valence-corrected chi connectivity index (χ3v) is 4.36. The number of nitrogens with zero attached hydrogens (tertiary/aromatic N) is 4. The van der Waals surface area contributed by atoms with Gasteiger partial charge in [-0.1, -0.05) is 0 Å². The molecule has 0 saturated heterocycles. The lowest BCUT2D eigenvalue weighted by Gasteiger charge is -2.09. The van der Waals surface area contributed by atoms with Gasteiger partial charge in [0, 0.05) is 16.9 Å². The third kappa shape index (κ3) is 4.05. The van der Waals surface area contributed by atoms with Crippen molar-refractivity contribution in [1.29, 1.82) is 0 Å². The number of tetrazole rings is 1. The van der Waals surface area contributed by atoms with E-state index in [1.807, 2.05) is 28.9 Å². The lowest BCUT2D eigenvalue weighted by atomic mass is 10.2. The zero-order chi connectivity index (χ0) is 18.6. The van der Waals surface area contributed by atoms with Crippen molar-refractivity contribution in [2.45, 2.75) is 18.9 Å². The van der Waals surface area contributed by atoms with Gasteiger partial charge in [0.1, 0.15) is 5.75 Å².